The summed E-state index contributed by atoms with van der Waals surface area (Å²) in [6, 6.07) is 15.7. The van der Waals surface area contributed by atoms with Crippen molar-refractivity contribution < 1.29 is 9.47 Å². The van der Waals surface area contributed by atoms with Gasteiger partial charge in [0.05, 0.1) is 5.02 Å². The predicted octanol–water partition coefficient (Wildman–Crippen LogP) is 4.05. The van der Waals surface area contributed by atoms with Gasteiger partial charge < -0.3 is 14.8 Å². The van der Waals surface area contributed by atoms with Crippen LogP contribution in [0.3, 0.4) is 0 Å². The van der Waals surface area contributed by atoms with Crippen molar-refractivity contribution in [3.05, 3.63) is 59.1 Å². The summed E-state index contributed by atoms with van der Waals surface area (Å²) in [7, 11) is 0. The summed E-state index contributed by atoms with van der Waals surface area (Å²) < 4.78 is 11.7. The van der Waals surface area contributed by atoms with Crippen molar-refractivity contribution in [2.75, 3.05) is 13.1 Å². The molecule has 0 aliphatic carbocycles. The van der Waals surface area contributed by atoms with Gasteiger partial charge in [0.2, 0.25) is 0 Å². The summed E-state index contributed by atoms with van der Waals surface area (Å²) in [6.07, 6.45) is 2.28. The Morgan fingerprint density at radius 2 is 1.82 bits per heavy atom. The molecule has 2 aromatic carbocycles. The zero-order chi connectivity index (χ0) is 15.2. The number of hydrogen-bond acceptors (Lipinski definition) is 3. The molecule has 2 aromatic rings. The van der Waals surface area contributed by atoms with Crippen LogP contribution in [0.5, 0.6) is 11.5 Å². The smallest absolute Gasteiger partial charge is 0.138 e. The summed E-state index contributed by atoms with van der Waals surface area (Å²) in [5.41, 5.74) is 1.13. The molecule has 1 aliphatic rings. The number of rotatable bonds is 5. The molecule has 3 rings (SSSR count). The average molecular weight is 318 g/mol. The van der Waals surface area contributed by atoms with Gasteiger partial charge in [0, 0.05) is 6.07 Å². The van der Waals surface area contributed by atoms with E-state index in [0.717, 1.165) is 43.0 Å². The molecule has 116 valence electrons. The Bertz CT molecular complexity index is 597. The van der Waals surface area contributed by atoms with Crippen LogP contribution in [0, 0.1) is 0 Å². The van der Waals surface area contributed by atoms with Gasteiger partial charge in [-0.1, -0.05) is 41.9 Å². The van der Waals surface area contributed by atoms with Gasteiger partial charge in [0.1, 0.15) is 24.2 Å². The predicted molar refractivity (Wildman–Crippen MR) is 88.7 cm³/mol. The second kappa shape index (κ2) is 7.52. The standard InChI is InChI=1S/C18H20ClNO2/c19-17-12-16(21-13-14-4-2-1-3-5-14)6-7-18(17)22-15-8-10-20-11-9-15/h1-7,12,15,20H,8-11,13H2. The highest BCUT2D eigenvalue weighted by Crippen LogP contribution is 2.31. The summed E-state index contributed by atoms with van der Waals surface area (Å²) in [4.78, 5) is 0. The van der Waals surface area contributed by atoms with Crippen LogP contribution in [0.2, 0.25) is 5.02 Å². The van der Waals surface area contributed by atoms with E-state index in [4.69, 9.17) is 21.1 Å². The molecule has 0 amide bonds. The van der Waals surface area contributed by atoms with E-state index in [2.05, 4.69) is 5.32 Å². The van der Waals surface area contributed by atoms with Crippen molar-refractivity contribution in [2.45, 2.75) is 25.6 Å². The second-order valence-corrected chi connectivity index (χ2v) is 5.84. The van der Waals surface area contributed by atoms with Crippen LogP contribution in [0.15, 0.2) is 48.5 Å². The monoisotopic (exact) mass is 317 g/mol. The van der Waals surface area contributed by atoms with Gasteiger partial charge in [0.25, 0.3) is 0 Å². The van der Waals surface area contributed by atoms with Crippen molar-refractivity contribution in [1.82, 2.24) is 5.32 Å². The van der Waals surface area contributed by atoms with Crippen LogP contribution in [-0.4, -0.2) is 19.2 Å². The molecule has 1 saturated heterocycles. The van der Waals surface area contributed by atoms with Gasteiger partial charge in [-0.05, 0) is 43.6 Å². The SMILES string of the molecule is Clc1cc(OCc2ccccc2)ccc1OC1CCNCC1. The fourth-order valence-corrected chi connectivity index (χ4v) is 2.72. The first-order chi connectivity index (χ1) is 10.8. The Morgan fingerprint density at radius 3 is 2.55 bits per heavy atom. The molecule has 1 aliphatic heterocycles. The lowest BCUT2D eigenvalue weighted by Crippen LogP contribution is -2.34. The molecule has 22 heavy (non-hydrogen) atoms. The van der Waals surface area contributed by atoms with E-state index in [1.165, 1.54) is 0 Å². The van der Waals surface area contributed by atoms with Crippen molar-refractivity contribution in [1.29, 1.82) is 0 Å². The molecule has 0 aromatic heterocycles. The van der Waals surface area contributed by atoms with Crippen molar-refractivity contribution >= 4 is 11.6 Å². The largest absolute Gasteiger partial charge is 0.489 e. The van der Waals surface area contributed by atoms with Gasteiger partial charge >= 0.3 is 0 Å². The topological polar surface area (TPSA) is 30.5 Å². The molecule has 3 nitrogen and oxygen atoms in total. The maximum Gasteiger partial charge on any atom is 0.138 e. The maximum atomic E-state index is 6.31. The van der Waals surface area contributed by atoms with E-state index in [-0.39, 0.29) is 6.10 Å². The van der Waals surface area contributed by atoms with Gasteiger partial charge in [-0.2, -0.15) is 0 Å². The Balaban J connectivity index is 1.59. The van der Waals surface area contributed by atoms with Crippen LogP contribution < -0.4 is 14.8 Å². The number of nitrogens with one attached hydrogen (secondary N) is 1. The minimum atomic E-state index is 0.245. The lowest BCUT2D eigenvalue weighted by molar-refractivity contribution is 0.162. The first-order valence-electron chi connectivity index (χ1n) is 7.65. The molecule has 0 radical (unpaired) electrons. The van der Waals surface area contributed by atoms with Gasteiger partial charge in [-0.25, -0.2) is 0 Å². The molecule has 4 heteroatoms. The summed E-state index contributed by atoms with van der Waals surface area (Å²) >= 11 is 6.31. The van der Waals surface area contributed by atoms with Crippen LogP contribution in [0.25, 0.3) is 0 Å². The second-order valence-electron chi connectivity index (χ2n) is 5.43. The van der Waals surface area contributed by atoms with E-state index in [0.29, 0.717) is 11.6 Å². The number of hydrogen-bond donors (Lipinski definition) is 1. The maximum absolute atomic E-state index is 6.31. The van der Waals surface area contributed by atoms with Crippen molar-refractivity contribution in [3.63, 3.8) is 0 Å². The van der Waals surface area contributed by atoms with E-state index in [1.54, 1.807) is 0 Å². The van der Waals surface area contributed by atoms with E-state index in [9.17, 15) is 0 Å². The number of benzene rings is 2. The van der Waals surface area contributed by atoms with Crippen LogP contribution in [0.4, 0.5) is 0 Å². The molecule has 0 unspecified atom stereocenters. The highest BCUT2D eigenvalue weighted by molar-refractivity contribution is 6.32. The minimum absolute atomic E-state index is 0.245. The summed E-state index contributed by atoms with van der Waals surface area (Å²) in [5, 5.41) is 3.92. The molecule has 0 bridgehead atoms. The van der Waals surface area contributed by atoms with Crippen LogP contribution >= 0.6 is 11.6 Å². The highest BCUT2D eigenvalue weighted by atomic mass is 35.5. The molecule has 0 saturated carbocycles. The average Bonchev–Trinajstić information content (AvgIpc) is 2.57. The Labute approximate surface area is 136 Å². The fourth-order valence-electron chi connectivity index (χ4n) is 2.50. The third-order valence-electron chi connectivity index (χ3n) is 3.73. The molecule has 1 fully saturated rings. The lowest BCUT2D eigenvalue weighted by Gasteiger charge is -2.24. The molecule has 0 atom stereocenters. The van der Waals surface area contributed by atoms with E-state index >= 15 is 0 Å². The zero-order valence-electron chi connectivity index (χ0n) is 12.4. The third-order valence-corrected chi connectivity index (χ3v) is 4.03. The molecular weight excluding hydrogens is 298 g/mol. The Morgan fingerprint density at radius 1 is 1.05 bits per heavy atom. The molecule has 1 heterocycles. The first kappa shape index (κ1) is 15.2. The summed E-state index contributed by atoms with van der Waals surface area (Å²) in [6.45, 7) is 2.53. The normalized spacial score (nSPS) is 15.5. The molecule has 1 N–H and O–H groups in total. The number of halogens is 1. The fraction of sp³-hybridized carbons (Fsp3) is 0.333. The Hall–Kier alpha value is -1.71. The highest BCUT2D eigenvalue weighted by Gasteiger charge is 2.16. The van der Waals surface area contributed by atoms with Crippen molar-refractivity contribution in [2.24, 2.45) is 0 Å². The van der Waals surface area contributed by atoms with E-state index in [1.807, 2.05) is 48.5 Å². The zero-order valence-corrected chi connectivity index (χ0v) is 13.2. The third kappa shape index (κ3) is 4.15. The molecule has 0 spiro atoms. The molecular formula is C18H20ClNO2. The van der Waals surface area contributed by atoms with Gasteiger partial charge in [-0.3, -0.25) is 0 Å². The Kier molecular flexibility index (Phi) is 5.20. The quantitative estimate of drug-likeness (QED) is 0.902. The van der Waals surface area contributed by atoms with E-state index < -0.39 is 0 Å². The first-order valence-corrected chi connectivity index (χ1v) is 8.03. The lowest BCUT2D eigenvalue weighted by atomic mass is 10.1. The number of piperidine rings is 1. The summed E-state index contributed by atoms with van der Waals surface area (Å²) in [5.74, 6) is 1.49. The van der Waals surface area contributed by atoms with Crippen molar-refractivity contribution in [3.8, 4) is 11.5 Å². The van der Waals surface area contributed by atoms with Gasteiger partial charge in [0.15, 0.2) is 0 Å². The minimum Gasteiger partial charge on any atom is -0.489 e. The number of ether oxygens (including phenoxy) is 2. The van der Waals surface area contributed by atoms with Crippen LogP contribution in [0.1, 0.15) is 18.4 Å². The van der Waals surface area contributed by atoms with Gasteiger partial charge in [-0.15, -0.1) is 0 Å². The van der Waals surface area contributed by atoms with Crippen LogP contribution in [-0.2, 0) is 6.61 Å².